The molecular weight excluding hydrogens is 298 g/mol. The first kappa shape index (κ1) is 15.7. The summed E-state index contributed by atoms with van der Waals surface area (Å²) in [5.74, 6) is 0.265. The lowest BCUT2D eigenvalue weighted by atomic mass is 10.2. The van der Waals surface area contributed by atoms with E-state index >= 15 is 0 Å². The quantitative estimate of drug-likeness (QED) is 0.881. The number of ether oxygens (including phenoxy) is 1. The Balaban J connectivity index is 1.55. The van der Waals surface area contributed by atoms with E-state index in [-0.39, 0.29) is 18.1 Å². The summed E-state index contributed by atoms with van der Waals surface area (Å²) < 4.78 is 12.6. The van der Waals surface area contributed by atoms with Crippen LogP contribution >= 0.6 is 0 Å². The zero-order valence-electron chi connectivity index (χ0n) is 13.3. The molecule has 1 aliphatic rings. The predicted molar refractivity (Wildman–Crippen MR) is 82.9 cm³/mol. The van der Waals surface area contributed by atoms with Crippen LogP contribution in [0.15, 0.2) is 29.0 Å². The summed E-state index contributed by atoms with van der Waals surface area (Å²) in [5.41, 5.74) is 0.735. The van der Waals surface area contributed by atoms with E-state index in [2.05, 4.69) is 20.5 Å². The molecule has 0 aliphatic carbocycles. The van der Waals surface area contributed by atoms with E-state index in [1.807, 2.05) is 30.8 Å². The molecule has 1 aliphatic heterocycles. The molecule has 3 heterocycles. The zero-order chi connectivity index (χ0) is 16.2. The highest BCUT2D eigenvalue weighted by molar-refractivity contribution is 5.93. The van der Waals surface area contributed by atoms with Gasteiger partial charge in [0.1, 0.15) is 0 Å². The number of nitrogens with one attached hydrogen (secondary N) is 1. The fourth-order valence-corrected chi connectivity index (χ4v) is 2.64. The number of hydrogen-bond donors (Lipinski definition) is 1. The van der Waals surface area contributed by atoms with Gasteiger partial charge in [-0.15, -0.1) is 0 Å². The van der Waals surface area contributed by atoms with Crippen molar-refractivity contribution in [3.8, 4) is 0 Å². The molecule has 124 valence electrons. The largest absolute Gasteiger partial charge is 0.374 e. The normalized spacial score (nSPS) is 20.3. The van der Waals surface area contributed by atoms with E-state index in [1.54, 1.807) is 12.3 Å². The number of nitrogens with zero attached hydrogens (tertiary/aromatic N) is 4. The van der Waals surface area contributed by atoms with Gasteiger partial charge in [-0.25, -0.2) is 0 Å². The number of rotatable bonds is 5. The Kier molecular flexibility index (Phi) is 4.73. The molecule has 2 atom stereocenters. The van der Waals surface area contributed by atoms with Crippen molar-refractivity contribution in [1.29, 1.82) is 0 Å². The Hall–Kier alpha value is -2.19. The average Bonchev–Trinajstić information content (AvgIpc) is 3.18. The van der Waals surface area contributed by atoms with E-state index in [0.717, 1.165) is 12.2 Å². The van der Waals surface area contributed by atoms with Gasteiger partial charge in [0, 0.05) is 31.5 Å². The first-order valence-corrected chi connectivity index (χ1v) is 7.69. The molecule has 0 saturated carbocycles. The maximum Gasteiger partial charge on any atom is 0.243 e. The van der Waals surface area contributed by atoms with Gasteiger partial charge in [0.05, 0.1) is 31.0 Å². The second-order valence-electron chi connectivity index (χ2n) is 5.71. The van der Waals surface area contributed by atoms with Gasteiger partial charge in [-0.05, 0) is 19.9 Å². The van der Waals surface area contributed by atoms with Crippen LogP contribution in [-0.2, 0) is 16.1 Å². The number of carbonyl (C=O) groups is 1. The Bertz CT molecular complexity index is 639. The van der Waals surface area contributed by atoms with E-state index in [1.165, 1.54) is 0 Å². The molecule has 8 nitrogen and oxygen atoms in total. The molecule has 1 saturated heterocycles. The summed E-state index contributed by atoms with van der Waals surface area (Å²) in [4.78, 5) is 14.5. The van der Waals surface area contributed by atoms with Crippen LogP contribution < -0.4 is 5.32 Å². The number of amides is 1. The van der Waals surface area contributed by atoms with Crippen molar-refractivity contribution in [3.05, 3.63) is 30.2 Å². The van der Waals surface area contributed by atoms with E-state index in [0.29, 0.717) is 25.6 Å². The van der Waals surface area contributed by atoms with Gasteiger partial charge in [-0.1, -0.05) is 5.16 Å². The first-order chi connectivity index (χ1) is 11.1. The lowest BCUT2D eigenvalue weighted by Crippen LogP contribution is -2.51. The predicted octanol–water partition coefficient (Wildman–Crippen LogP) is 0.908. The molecule has 1 amide bonds. The lowest BCUT2D eigenvalue weighted by Gasteiger charge is -2.35. The summed E-state index contributed by atoms with van der Waals surface area (Å²) in [6.45, 7) is 6.38. The molecule has 8 heteroatoms. The summed E-state index contributed by atoms with van der Waals surface area (Å²) in [6, 6.07) is 3.31. The molecule has 0 aromatic carbocycles. The highest BCUT2D eigenvalue weighted by Gasteiger charge is 2.28. The maximum atomic E-state index is 12.3. The van der Waals surface area contributed by atoms with Crippen LogP contribution in [0.3, 0.4) is 0 Å². The van der Waals surface area contributed by atoms with Crippen LogP contribution in [0.25, 0.3) is 0 Å². The van der Waals surface area contributed by atoms with Crippen molar-refractivity contribution in [3.63, 3.8) is 0 Å². The number of anilines is 1. The molecule has 1 fully saturated rings. The number of hydrogen-bond acceptors (Lipinski definition) is 6. The monoisotopic (exact) mass is 319 g/mol. The minimum Gasteiger partial charge on any atom is -0.374 e. The molecule has 0 bridgehead atoms. The van der Waals surface area contributed by atoms with Crippen LogP contribution in [-0.4, -0.2) is 57.6 Å². The van der Waals surface area contributed by atoms with Gasteiger partial charge < -0.3 is 9.26 Å². The summed E-state index contributed by atoms with van der Waals surface area (Å²) in [5, 5.41) is 10.7. The summed E-state index contributed by atoms with van der Waals surface area (Å²) in [6.07, 6.45) is 3.67. The minimum atomic E-state index is -0.274. The highest BCUT2D eigenvalue weighted by atomic mass is 16.5. The number of carbonyl (C=O) groups excluding carboxylic acids is 1. The van der Waals surface area contributed by atoms with Crippen molar-refractivity contribution < 1.29 is 14.1 Å². The average molecular weight is 319 g/mol. The van der Waals surface area contributed by atoms with E-state index < -0.39 is 0 Å². The van der Waals surface area contributed by atoms with Crippen molar-refractivity contribution in [2.45, 2.75) is 32.5 Å². The van der Waals surface area contributed by atoms with Gasteiger partial charge in [-0.3, -0.25) is 19.7 Å². The summed E-state index contributed by atoms with van der Waals surface area (Å²) >= 11 is 0. The second-order valence-corrected chi connectivity index (χ2v) is 5.71. The number of aryl methyl sites for hydroxylation is 1. The molecule has 1 N–H and O–H groups in total. The molecule has 0 radical (unpaired) electrons. The maximum absolute atomic E-state index is 12.3. The van der Waals surface area contributed by atoms with Gasteiger partial charge in [0.2, 0.25) is 11.8 Å². The van der Waals surface area contributed by atoms with Crippen LogP contribution in [0, 0.1) is 6.92 Å². The SMILES string of the molecule is Cc1cc(NC(=O)[C@H](C)N2CCO[C@@H](Cn3cccn3)C2)on1. The molecule has 23 heavy (non-hydrogen) atoms. The Morgan fingerprint density at radius 2 is 2.43 bits per heavy atom. The third kappa shape index (κ3) is 3.96. The molecule has 3 rings (SSSR count). The van der Waals surface area contributed by atoms with Gasteiger partial charge in [-0.2, -0.15) is 5.10 Å². The van der Waals surface area contributed by atoms with E-state index in [4.69, 9.17) is 9.26 Å². The zero-order valence-corrected chi connectivity index (χ0v) is 13.3. The Morgan fingerprint density at radius 1 is 1.57 bits per heavy atom. The Morgan fingerprint density at radius 3 is 3.13 bits per heavy atom. The van der Waals surface area contributed by atoms with Crippen molar-refractivity contribution in [1.82, 2.24) is 19.8 Å². The fourth-order valence-electron chi connectivity index (χ4n) is 2.64. The van der Waals surface area contributed by atoms with Gasteiger partial charge in [0.15, 0.2) is 0 Å². The highest BCUT2D eigenvalue weighted by Crippen LogP contribution is 2.14. The van der Waals surface area contributed by atoms with E-state index in [9.17, 15) is 4.79 Å². The van der Waals surface area contributed by atoms with Gasteiger partial charge in [0.25, 0.3) is 0 Å². The smallest absolute Gasteiger partial charge is 0.243 e. The van der Waals surface area contributed by atoms with Crippen LogP contribution in [0.5, 0.6) is 0 Å². The second kappa shape index (κ2) is 6.93. The van der Waals surface area contributed by atoms with Crippen molar-refractivity contribution in [2.75, 3.05) is 25.0 Å². The third-order valence-electron chi connectivity index (χ3n) is 3.92. The van der Waals surface area contributed by atoms with Crippen LogP contribution in [0.1, 0.15) is 12.6 Å². The molecule has 2 aromatic rings. The number of aromatic nitrogens is 3. The van der Waals surface area contributed by atoms with Crippen molar-refractivity contribution in [2.24, 2.45) is 0 Å². The summed E-state index contributed by atoms with van der Waals surface area (Å²) in [7, 11) is 0. The first-order valence-electron chi connectivity index (χ1n) is 7.69. The number of morpholine rings is 1. The minimum absolute atomic E-state index is 0.0198. The van der Waals surface area contributed by atoms with Crippen molar-refractivity contribution >= 4 is 11.8 Å². The molecule has 2 aromatic heterocycles. The third-order valence-corrected chi connectivity index (χ3v) is 3.92. The molecule has 0 unspecified atom stereocenters. The van der Waals surface area contributed by atoms with Crippen LogP contribution in [0.4, 0.5) is 5.88 Å². The molecular formula is C15H21N5O3. The topological polar surface area (TPSA) is 85.4 Å². The Labute approximate surface area is 134 Å². The van der Waals surface area contributed by atoms with Gasteiger partial charge >= 0.3 is 0 Å². The standard InChI is InChI=1S/C15H21N5O3/c1-11-8-14(23-18-11)17-15(21)12(2)19-6-7-22-13(9-19)10-20-5-3-4-16-20/h3-5,8,12-13H,6-7,9-10H2,1-2H3,(H,17,21)/t12-,13+/m0/s1. The molecule has 0 spiro atoms. The fraction of sp³-hybridized carbons (Fsp3) is 0.533. The lowest BCUT2D eigenvalue weighted by molar-refractivity contribution is -0.124. The van der Waals surface area contributed by atoms with Crippen LogP contribution in [0.2, 0.25) is 0 Å².